The molecule has 1 heterocycles. The summed E-state index contributed by atoms with van der Waals surface area (Å²) in [5.74, 6) is 1.72. The Morgan fingerprint density at radius 2 is 1.94 bits per heavy atom. The number of hydrogen-bond acceptors (Lipinski definition) is 1. The molecule has 1 heteroatoms. The molecule has 1 nitrogen and oxygen atoms in total. The summed E-state index contributed by atoms with van der Waals surface area (Å²) >= 11 is 0. The van der Waals surface area contributed by atoms with E-state index in [1.807, 2.05) is 0 Å². The van der Waals surface area contributed by atoms with Gasteiger partial charge in [-0.15, -0.1) is 0 Å². The van der Waals surface area contributed by atoms with Crippen molar-refractivity contribution in [2.75, 3.05) is 20.1 Å². The van der Waals surface area contributed by atoms with Gasteiger partial charge in [0.05, 0.1) is 0 Å². The molecule has 0 radical (unpaired) electrons. The predicted octanol–water partition coefficient (Wildman–Crippen LogP) is 3.28. The van der Waals surface area contributed by atoms with Crippen LogP contribution in [-0.4, -0.2) is 25.0 Å². The first-order valence-corrected chi connectivity index (χ1v) is 6.84. The molecular formula is C16H19N. The molecule has 1 saturated carbocycles. The fourth-order valence-electron chi connectivity index (χ4n) is 3.96. The summed E-state index contributed by atoms with van der Waals surface area (Å²) in [6.07, 6.45) is 4.08. The van der Waals surface area contributed by atoms with Crippen LogP contribution in [-0.2, 0) is 0 Å². The van der Waals surface area contributed by atoms with Crippen LogP contribution in [0.1, 0.15) is 36.3 Å². The summed E-state index contributed by atoms with van der Waals surface area (Å²) in [6, 6.07) is 9.15. The topological polar surface area (TPSA) is 3.24 Å². The average molecular weight is 225 g/mol. The van der Waals surface area contributed by atoms with Gasteiger partial charge in [-0.3, -0.25) is 0 Å². The van der Waals surface area contributed by atoms with E-state index >= 15 is 0 Å². The Balaban J connectivity index is 1.90. The molecule has 4 rings (SSSR count). The fraction of sp³-hybridized carbons (Fsp3) is 0.500. The van der Waals surface area contributed by atoms with Crippen molar-refractivity contribution in [3.8, 4) is 0 Å². The largest absolute Gasteiger partial charge is 0.302 e. The van der Waals surface area contributed by atoms with E-state index in [1.165, 1.54) is 32.4 Å². The zero-order chi connectivity index (χ0) is 11.4. The second kappa shape index (κ2) is 3.46. The highest BCUT2D eigenvalue weighted by Gasteiger charge is 2.41. The molecule has 88 valence electrons. The molecule has 1 aliphatic heterocycles. The minimum absolute atomic E-state index is 0.844. The van der Waals surface area contributed by atoms with Crippen LogP contribution < -0.4 is 0 Å². The third-order valence-corrected chi connectivity index (χ3v) is 4.98. The molecule has 1 aromatic rings. The lowest BCUT2D eigenvalue weighted by Crippen LogP contribution is -2.38. The van der Waals surface area contributed by atoms with Crippen molar-refractivity contribution in [2.24, 2.45) is 5.92 Å². The van der Waals surface area contributed by atoms with Crippen LogP contribution in [0, 0.1) is 5.92 Å². The first-order valence-electron chi connectivity index (χ1n) is 6.84. The Kier molecular flexibility index (Phi) is 2.01. The van der Waals surface area contributed by atoms with Gasteiger partial charge in [0, 0.05) is 13.1 Å². The van der Waals surface area contributed by atoms with E-state index < -0.39 is 0 Å². The monoisotopic (exact) mass is 225 g/mol. The lowest BCUT2D eigenvalue weighted by molar-refractivity contribution is 0.254. The van der Waals surface area contributed by atoms with Gasteiger partial charge in [0.25, 0.3) is 0 Å². The second-order valence-electron chi connectivity index (χ2n) is 5.87. The van der Waals surface area contributed by atoms with Crippen molar-refractivity contribution in [1.82, 2.24) is 4.90 Å². The maximum atomic E-state index is 2.49. The Hall–Kier alpha value is -1.08. The van der Waals surface area contributed by atoms with Crippen LogP contribution in [0.15, 0.2) is 29.8 Å². The summed E-state index contributed by atoms with van der Waals surface area (Å²) in [7, 11) is 2.26. The Morgan fingerprint density at radius 1 is 1.12 bits per heavy atom. The Bertz CT molecular complexity index is 500. The first kappa shape index (κ1) is 9.90. The minimum atomic E-state index is 0.844. The first-order chi connectivity index (χ1) is 8.34. The smallest absolute Gasteiger partial charge is 0.0199 e. The number of nitrogens with zero attached hydrogens (tertiary/aromatic N) is 1. The molecule has 3 aliphatic rings. The number of hydrogen-bond donors (Lipinski definition) is 0. The zero-order valence-corrected chi connectivity index (χ0v) is 10.4. The van der Waals surface area contributed by atoms with Crippen molar-refractivity contribution in [3.63, 3.8) is 0 Å². The van der Waals surface area contributed by atoms with E-state index in [0.717, 1.165) is 11.8 Å². The van der Waals surface area contributed by atoms with Gasteiger partial charge in [0.15, 0.2) is 0 Å². The van der Waals surface area contributed by atoms with E-state index in [-0.39, 0.29) is 0 Å². The van der Waals surface area contributed by atoms with Crippen molar-refractivity contribution < 1.29 is 0 Å². The third kappa shape index (κ3) is 1.29. The third-order valence-electron chi connectivity index (χ3n) is 4.98. The van der Waals surface area contributed by atoms with Crippen LogP contribution in [0.2, 0.25) is 0 Å². The summed E-state index contributed by atoms with van der Waals surface area (Å²) in [6.45, 7) is 2.44. The minimum Gasteiger partial charge on any atom is -0.302 e. The van der Waals surface area contributed by atoms with Crippen molar-refractivity contribution in [1.29, 1.82) is 0 Å². The molecular weight excluding hydrogens is 206 g/mol. The van der Waals surface area contributed by atoms with E-state index in [0.29, 0.717) is 0 Å². The number of likely N-dealkylation sites (N-methyl/N-ethyl adjacent to an activating group) is 1. The molecule has 2 atom stereocenters. The quantitative estimate of drug-likeness (QED) is 0.655. The lowest BCUT2D eigenvalue weighted by atomic mass is 9.60. The van der Waals surface area contributed by atoms with Crippen molar-refractivity contribution in [2.45, 2.75) is 25.2 Å². The molecule has 0 unspecified atom stereocenters. The van der Waals surface area contributed by atoms with E-state index in [2.05, 4.69) is 36.2 Å². The normalized spacial score (nSPS) is 31.4. The highest BCUT2D eigenvalue weighted by molar-refractivity contribution is 5.76. The molecule has 0 spiro atoms. The predicted molar refractivity (Wildman–Crippen MR) is 70.9 cm³/mol. The van der Waals surface area contributed by atoms with Gasteiger partial charge in [-0.25, -0.2) is 0 Å². The molecule has 2 aliphatic carbocycles. The maximum Gasteiger partial charge on any atom is 0.0199 e. The van der Waals surface area contributed by atoms with E-state index in [9.17, 15) is 0 Å². The molecule has 1 aromatic carbocycles. The second-order valence-corrected chi connectivity index (χ2v) is 5.87. The standard InChI is InChI=1S/C16H19N/c1-17-9-8-15-12-5-3-2-4-11(12)13-6-7-14(13)16(15)10-17/h2-5,13-14H,6-10H2,1H3/t13-,14-/m0/s1. The van der Waals surface area contributed by atoms with Gasteiger partial charge < -0.3 is 4.90 Å². The molecule has 0 saturated heterocycles. The zero-order valence-electron chi connectivity index (χ0n) is 10.4. The number of rotatable bonds is 0. The van der Waals surface area contributed by atoms with Gasteiger partial charge in [0.1, 0.15) is 0 Å². The van der Waals surface area contributed by atoms with Gasteiger partial charge in [-0.05, 0) is 60.4 Å². The highest BCUT2D eigenvalue weighted by Crippen LogP contribution is 2.54. The number of benzene rings is 1. The van der Waals surface area contributed by atoms with E-state index in [4.69, 9.17) is 0 Å². The molecule has 17 heavy (non-hydrogen) atoms. The van der Waals surface area contributed by atoms with Gasteiger partial charge >= 0.3 is 0 Å². The van der Waals surface area contributed by atoms with Crippen molar-refractivity contribution in [3.05, 3.63) is 41.0 Å². The summed E-state index contributed by atoms with van der Waals surface area (Å²) in [5.41, 5.74) is 6.69. The lowest BCUT2D eigenvalue weighted by Gasteiger charge is -2.47. The fourth-order valence-corrected chi connectivity index (χ4v) is 3.96. The Morgan fingerprint density at radius 3 is 2.76 bits per heavy atom. The van der Waals surface area contributed by atoms with Gasteiger partial charge in [-0.1, -0.05) is 24.3 Å². The molecule has 0 bridgehead atoms. The SMILES string of the molecule is CN1CCC2=C(C1)[C@H]1CC[C@H]1c1ccccc12. The summed E-state index contributed by atoms with van der Waals surface area (Å²) in [4.78, 5) is 2.49. The molecule has 0 N–H and O–H groups in total. The van der Waals surface area contributed by atoms with Gasteiger partial charge in [-0.2, -0.15) is 0 Å². The van der Waals surface area contributed by atoms with Crippen LogP contribution in [0.3, 0.4) is 0 Å². The Labute approximate surface area is 103 Å². The molecule has 0 amide bonds. The van der Waals surface area contributed by atoms with Crippen molar-refractivity contribution >= 4 is 5.57 Å². The summed E-state index contributed by atoms with van der Waals surface area (Å²) < 4.78 is 0. The van der Waals surface area contributed by atoms with Crippen LogP contribution in [0.5, 0.6) is 0 Å². The highest BCUT2D eigenvalue weighted by atomic mass is 15.1. The van der Waals surface area contributed by atoms with Crippen LogP contribution in [0.25, 0.3) is 5.57 Å². The number of fused-ring (bicyclic) bond motifs is 5. The van der Waals surface area contributed by atoms with E-state index in [1.54, 1.807) is 22.3 Å². The van der Waals surface area contributed by atoms with Gasteiger partial charge in [0.2, 0.25) is 0 Å². The molecule has 1 fully saturated rings. The van der Waals surface area contributed by atoms with Crippen LogP contribution in [0.4, 0.5) is 0 Å². The maximum absolute atomic E-state index is 2.49. The summed E-state index contributed by atoms with van der Waals surface area (Å²) in [5, 5.41) is 0. The average Bonchev–Trinajstić information content (AvgIpc) is 2.28. The van der Waals surface area contributed by atoms with Crippen LogP contribution >= 0.6 is 0 Å². The molecule has 0 aromatic heterocycles.